The molecule has 2 aromatic heterocycles. The van der Waals surface area contributed by atoms with Crippen molar-refractivity contribution in [3.63, 3.8) is 0 Å². The minimum absolute atomic E-state index is 0.0828. The quantitative estimate of drug-likeness (QED) is 0.639. The van der Waals surface area contributed by atoms with Gasteiger partial charge in [-0.25, -0.2) is 4.98 Å². The minimum atomic E-state index is -0.254. The third-order valence-corrected chi connectivity index (χ3v) is 5.66. The van der Waals surface area contributed by atoms with Crippen molar-refractivity contribution in [2.24, 2.45) is 0 Å². The molecule has 0 unspecified atom stereocenters. The van der Waals surface area contributed by atoms with Crippen molar-refractivity contribution in [3.8, 4) is 5.75 Å². The topological polar surface area (TPSA) is 78.2 Å². The van der Waals surface area contributed by atoms with E-state index in [-0.39, 0.29) is 18.0 Å². The Morgan fingerprint density at radius 2 is 2.00 bits per heavy atom. The Hall–Kier alpha value is -2.52. The summed E-state index contributed by atoms with van der Waals surface area (Å²) in [5.41, 5.74) is 1.30. The van der Waals surface area contributed by atoms with Gasteiger partial charge in [0.25, 0.3) is 5.56 Å². The number of rotatable bonds is 6. The van der Waals surface area contributed by atoms with Crippen LogP contribution in [-0.4, -0.2) is 27.1 Å². The van der Waals surface area contributed by atoms with Crippen LogP contribution in [0.2, 0.25) is 0 Å². The molecule has 0 saturated heterocycles. The predicted octanol–water partition coefficient (Wildman–Crippen LogP) is 2.64. The van der Waals surface area contributed by atoms with Crippen LogP contribution in [0.1, 0.15) is 18.3 Å². The minimum Gasteiger partial charge on any atom is -0.497 e. The molecule has 0 aliphatic rings. The number of thiazole rings is 1. The van der Waals surface area contributed by atoms with Crippen LogP contribution in [0.3, 0.4) is 0 Å². The Kier molecular flexibility index (Phi) is 5.71. The second-order valence-corrected chi connectivity index (χ2v) is 7.58. The monoisotopic (exact) mass is 404 g/mol. The highest BCUT2D eigenvalue weighted by Gasteiger charge is 2.15. The third-order valence-electron chi connectivity index (χ3n) is 4.23. The largest absolute Gasteiger partial charge is 0.497 e. The second-order valence-electron chi connectivity index (χ2n) is 5.94. The van der Waals surface area contributed by atoms with Crippen LogP contribution < -0.4 is 15.6 Å². The molecule has 0 radical (unpaired) electrons. The van der Waals surface area contributed by atoms with Crippen LogP contribution >= 0.6 is 23.6 Å². The van der Waals surface area contributed by atoms with E-state index in [0.29, 0.717) is 33.2 Å². The average Bonchev–Trinajstić information content (AvgIpc) is 2.99. The normalized spacial score (nSPS) is 10.9. The first-order chi connectivity index (χ1) is 12.9. The molecule has 2 heterocycles. The molecule has 9 heteroatoms. The van der Waals surface area contributed by atoms with Crippen LogP contribution in [0, 0.1) is 10.9 Å². The van der Waals surface area contributed by atoms with Crippen molar-refractivity contribution >= 4 is 39.8 Å². The molecule has 0 saturated carbocycles. The lowest BCUT2D eigenvalue weighted by Crippen LogP contribution is -2.33. The molecule has 1 aromatic carbocycles. The van der Waals surface area contributed by atoms with Crippen molar-refractivity contribution < 1.29 is 9.53 Å². The Bertz CT molecular complexity index is 1100. The number of aryl methyl sites for hydroxylation is 2. The van der Waals surface area contributed by atoms with Crippen LogP contribution in [0.4, 0.5) is 0 Å². The average molecular weight is 405 g/mol. The van der Waals surface area contributed by atoms with Gasteiger partial charge in [-0.15, -0.1) is 0 Å². The van der Waals surface area contributed by atoms with Crippen LogP contribution in [-0.2, 0) is 24.4 Å². The lowest BCUT2D eigenvalue weighted by atomic mass is 10.2. The second kappa shape index (κ2) is 8.01. The summed E-state index contributed by atoms with van der Waals surface area (Å²) in [6.07, 6.45) is 0. The molecule has 27 heavy (non-hydrogen) atoms. The van der Waals surface area contributed by atoms with Crippen molar-refractivity contribution in [1.29, 1.82) is 0 Å². The van der Waals surface area contributed by atoms with E-state index in [2.05, 4.69) is 10.3 Å². The van der Waals surface area contributed by atoms with Gasteiger partial charge in [0.1, 0.15) is 22.8 Å². The first-order valence-corrected chi connectivity index (χ1v) is 9.67. The van der Waals surface area contributed by atoms with Crippen molar-refractivity contribution in [2.75, 3.05) is 7.11 Å². The van der Waals surface area contributed by atoms with Gasteiger partial charge >= 0.3 is 0 Å². The van der Waals surface area contributed by atoms with Crippen molar-refractivity contribution in [3.05, 3.63) is 50.0 Å². The Labute approximate surface area is 165 Å². The molecule has 0 spiro atoms. The van der Waals surface area contributed by atoms with Gasteiger partial charge < -0.3 is 14.6 Å². The van der Waals surface area contributed by atoms with Crippen molar-refractivity contribution in [1.82, 2.24) is 19.4 Å². The molecule has 0 aliphatic carbocycles. The van der Waals surface area contributed by atoms with Gasteiger partial charge in [-0.2, -0.15) is 0 Å². The molecule has 1 amide bonds. The van der Waals surface area contributed by atoms with Gasteiger partial charge in [-0.1, -0.05) is 23.5 Å². The number of benzene rings is 1. The van der Waals surface area contributed by atoms with E-state index in [0.717, 1.165) is 11.3 Å². The first kappa shape index (κ1) is 19.2. The maximum atomic E-state index is 12.8. The smallest absolute Gasteiger partial charge is 0.273 e. The number of fused-ring (bicyclic) bond motifs is 1. The van der Waals surface area contributed by atoms with Crippen LogP contribution in [0.25, 0.3) is 10.3 Å². The molecule has 142 valence electrons. The van der Waals surface area contributed by atoms with Gasteiger partial charge in [-0.05, 0) is 43.8 Å². The highest BCUT2D eigenvalue weighted by molar-refractivity contribution is 7.73. The molecule has 1 N–H and O–H groups in total. The lowest BCUT2D eigenvalue weighted by molar-refractivity contribution is -0.121. The fraction of sp³-hybridized carbons (Fsp3) is 0.333. The lowest BCUT2D eigenvalue weighted by Gasteiger charge is -2.11. The summed E-state index contributed by atoms with van der Waals surface area (Å²) >= 11 is 6.54. The van der Waals surface area contributed by atoms with E-state index in [1.54, 1.807) is 14.0 Å². The standard InChI is InChI=1S/C18H20N4O3S2/c1-4-21-16-15(27-18(21)26)17(24)22(11(2)20-16)10-14(23)19-9-12-5-7-13(25-3)8-6-12/h5-8H,4,9-10H2,1-3H3,(H,19,23). The summed E-state index contributed by atoms with van der Waals surface area (Å²) in [4.78, 5) is 29.6. The number of hydrogen-bond donors (Lipinski definition) is 1. The highest BCUT2D eigenvalue weighted by Crippen LogP contribution is 2.18. The number of hydrogen-bond acceptors (Lipinski definition) is 6. The molecule has 7 nitrogen and oxygen atoms in total. The molecular weight excluding hydrogens is 384 g/mol. The Morgan fingerprint density at radius 1 is 1.30 bits per heavy atom. The van der Waals surface area contributed by atoms with E-state index in [4.69, 9.17) is 17.0 Å². The number of aromatic nitrogens is 3. The van der Waals surface area contributed by atoms with E-state index >= 15 is 0 Å². The molecule has 0 bridgehead atoms. The first-order valence-electron chi connectivity index (χ1n) is 8.45. The van der Waals surface area contributed by atoms with Crippen LogP contribution in [0.5, 0.6) is 5.75 Å². The van der Waals surface area contributed by atoms with E-state index in [1.807, 2.05) is 35.8 Å². The maximum Gasteiger partial charge on any atom is 0.273 e. The third kappa shape index (κ3) is 3.93. The number of nitrogens with zero attached hydrogens (tertiary/aromatic N) is 3. The SMILES string of the molecule is CCn1c(=S)sc2c(=O)n(CC(=O)NCc3ccc(OC)cc3)c(C)nc21. The summed E-state index contributed by atoms with van der Waals surface area (Å²) in [5.74, 6) is 0.991. The Morgan fingerprint density at radius 3 is 2.63 bits per heavy atom. The molecule has 0 fully saturated rings. The fourth-order valence-electron chi connectivity index (χ4n) is 2.74. The summed E-state index contributed by atoms with van der Waals surface area (Å²) in [6.45, 7) is 4.62. The molecule has 0 aliphatic heterocycles. The fourth-order valence-corrected chi connectivity index (χ4v) is 4.15. The van der Waals surface area contributed by atoms with Gasteiger partial charge in [-0.3, -0.25) is 14.2 Å². The number of methoxy groups -OCH3 is 1. The maximum absolute atomic E-state index is 12.8. The number of carbonyl (C=O) groups is 1. The zero-order valence-electron chi connectivity index (χ0n) is 15.3. The zero-order chi connectivity index (χ0) is 19.6. The summed E-state index contributed by atoms with van der Waals surface area (Å²) < 4.78 is 9.42. The summed E-state index contributed by atoms with van der Waals surface area (Å²) in [6, 6.07) is 7.43. The van der Waals surface area contributed by atoms with E-state index < -0.39 is 0 Å². The molecule has 0 atom stereocenters. The molecule has 3 rings (SSSR count). The van der Waals surface area contributed by atoms with Gasteiger partial charge in [0.05, 0.1) is 7.11 Å². The van der Waals surface area contributed by atoms with Gasteiger partial charge in [0.2, 0.25) is 5.91 Å². The highest BCUT2D eigenvalue weighted by atomic mass is 32.1. The van der Waals surface area contributed by atoms with Crippen molar-refractivity contribution in [2.45, 2.75) is 33.5 Å². The Balaban J connectivity index is 1.78. The number of nitrogens with one attached hydrogen (secondary N) is 1. The van der Waals surface area contributed by atoms with Gasteiger partial charge in [0.15, 0.2) is 9.60 Å². The van der Waals surface area contributed by atoms with E-state index in [1.165, 1.54) is 15.9 Å². The number of carbonyl (C=O) groups excluding carboxylic acids is 1. The number of ether oxygens (including phenoxy) is 1. The summed E-state index contributed by atoms with van der Waals surface area (Å²) in [7, 11) is 1.60. The predicted molar refractivity (Wildman–Crippen MR) is 108 cm³/mol. The summed E-state index contributed by atoms with van der Waals surface area (Å²) in [5, 5.41) is 2.83. The number of amides is 1. The molecule has 3 aromatic rings. The zero-order valence-corrected chi connectivity index (χ0v) is 16.9. The van der Waals surface area contributed by atoms with Gasteiger partial charge in [0, 0.05) is 13.1 Å². The van der Waals surface area contributed by atoms with Crippen LogP contribution in [0.15, 0.2) is 29.1 Å². The molecular formula is C18H20N4O3S2. The van der Waals surface area contributed by atoms with E-state index in [9.17, 15) is 9.59 Å².